The number of hydrogen-bond donors (Lipinski definition) is 1. The highest BCUT2D eigenvalue weighted by Gasteiger charge is 2.38. The van der Waals surface area contributed by atoms with Gasteiger partial charge in [0.2, 0.25) is 0 Å². The first kappa shape index (κ1) is 9.27. The van der Waals surface area contributed by atoms with E-state index in [1.165, 1.54) is 25.3 Å². The van der Waals surface area contributed by atoms with Crippen LogP contribution in [-0.4, -0.2) is 14.6 Å². The van der Waals surface area contributed by atoms with Crippen molar-refractivity contribution in [3.8, 4) is 0 Å². The van der Waals surface area contributed by atoms with Gasteiger partial charge in [-0.15, -0.1) is 0 Å². The summed E-state index contributed by atoms with van der Waals surface area (Å²) in [4.78, 5) is 0. The monoisotopic (exact) mass is 171 g/mol. The Morgan fingerprint density at radius 2 is 1.82 bits per heavy atom. The van der Waals surface area contributed by atoms with Gasteiger partial charge in [0.05, 0.1) is 0 Å². The minimum atomic E-state index is -0.863. The smallest absolute Gasteiger partial charge is 0.0448 e. The minimum absolute atomic E-state index is 0.588. The van der Waals surface area contributed by atoms with E-state index in [2.05, 4.69) is 19.6 Å². The maximum Gasteiger partial charge on any atom is 0.0448 e. The van der Waals surface area contributed by atoms with Crippen molar-refractivity contribution in [1.29, 1.82) is 0 Å². The average Bonchev–Trinajstić information content (AvgIpc) is 1.77. The molecule has 0 radical (unpaired) electrons. The van der Waals surface area contributed by atoms with Crippen molar-refractivity contribution in [3.05, 3.63) is 0 Å². The fourth-order valence-corrected chi connectivity index (χ4v) is 5.00. The van der Waals surface area contributed by atoms with Crippen LogP contribution in [0.4, 0.5) is 0 Å². The second-order valence-corrected chi connectivity index (χ2v) is 10.8. The molecule has 0 amide bonds. The Morgan fingerprint density at radius 1 is 1.27 bits per heavy atom. The molecule has 0 saturated heterocycles. The van der Waals surface area contributed by atoms with Gasteiger partial charge in [-0.25, -0.2) is 0 Å². The van der Waals surface area contributed by atoms with Crippen LogP contribution in [0.5, 0.6) is 0 Å². The summed E-state index contributed by atoms with van der Waals surface area (Å²) in [7, 11) is -0.863. The van der Waals surface area contributed by atoms with Crippen molar-refractivity contribution >= 4 is 8.07 Å². The van der Waals surface area contributed by atoms with E-state index in [1.54, 1.807) is 0 Å². The zero-order valence-electron chi connectivity index (χ0n) is 8.11. The number of rotatable bonds is 3. The van der Waals surface area contributed by atoms with E-state index >= 15 is 0 Å². The highest BCUT2D eigenvalue weighted by molar-refractivity contribution is 6.76. The lowest BCUT2D eigenvalue weighted by Crippen LogP contribution is -2.42. The fourth-order valence-electron chi connectivity index (χ4n) is 2.25. The van der Waals surface area contributed by atoms with Gasteiger partial charge in [-0.1, -0.05) is 32.1 Å². The van der Waals surface area contributed by atoms with E-state index in [4.69, 9.17) is 5.73 Å². The molecule has 2 N–H and O–H groups in total. The lowest BCUT2D eigenvalue weighted by Gasteiger charge is -2.44. The van der Waals surface area contributed by atoms with Crippen LogP contribution in [0, 0.1) is 5.41 Å². The Hall–Kier alpha value is 0.177. The van der Waals surface area contributed by atoms with Gasteiger partial charge in [0.25, 0.3) is 0 Å². The summed E-state index contributed by atoms with van der Waals surface area (Å²) in [6, 6.07) is 1.44. The first-order valence-electron chi connectivity index (χ1n) is 4.68. The van der Waals surface area contributed by atoms with Crippen LogP contribution in [0.25, 0.3) is 0 Å². The molecule has 1 nitrogen and oxygen atoms in total. The zero-order valence-corrected chi connectivity index (χ0v) is 9.11. The van der Waals surface area contributed by atoms with Crippen molar-refractivity contribution < 1.29 is 0 Å². The number of hydrogen-bond acceptors (Lipinski definition) is 1. The molecule has 1 aliphatic carbocycles. The van der Waals surface area contributed by atoms with E-state index in [9.17, 15) is 0 Å². The highest BCUT2D eigenvalue weighted by Crippen LogP contribution is 2.46. The molecule has 2 heteroatoms. The van der Waals surface area contributed by atoms with E-state index < -0.39 is 8.07 Å². The molecule has 0 heterocycles. The summed E-state index contributed by atoms with van der Waals surface area (Å²) in [6.07, 6.45) is 4.21. The molecular weight excluding hydrogens is 150 g/mol. The molecule has 66 valence electrons. The van der Waals surface area contributed by atoms with Crippen LogP contribution in [0.15, 0.2) is 0 Å². The van der Waals surface area contributed by atoms with Crippen LogP contribution < -0.4 is 5.73 Å². The molecule has 1 rings (SSSR count). The van der Waals surface area contributed by atoms with Crippen molar-refractivity contribution in [2.24, 2.45) is 11.1 Å². The van der Waals surface area contributed by atoms with Gasteiger partial charge in [-0.3, -0.25) is 0 Å². The highest BCUT2D eigenvalue weighted by atomic mass is 28.3. The van der Waals surface area contributed by atoms with Gasteiger partial charge < -0.3 is 5.73 Å². The van der Waals surface area contributed by atoms with Crippen LogP contribution in [0.3, 0.4) is 0 Å². The molecule has 11 heavy (non-hydrogen) atoms. The largest absolute Gasteiger partial charge is 0.330 e. The quantitative estimate of drug-likeness (QED) is 0.649. The van der Waals surface area contributed by atoms with Crippen LogP contribution in [-0.2, 0) is 0 Å². The van der Waals surface area contributed by atoms with Gasteiger partial charge in [0.1, 0.15) is 0 Å². The zero-order chi connectivity index (χ0) is 8.54. The summed E-state index contributed by atoms with van der Waals surface area (Å²) in [6.45, 7) is 8.27. The predicted molar refractivity (Wildman–Crippen MR) is 53.5 cm³/mol. The molecule has 0 aromatic carbocycles. The van der Waals surface area contributed by atoms with Crippen LogP contribution in [0.2, 0.25) is 25.7 Å². The molecule has 0 aromatic heterocycles. The molecule has 0 atom stereocenters. The molecule has 1 aliphatic rings. The van der Waals surface area contributed by atoms with E-state index in [0.717, 1.165) is 6.54 Å². The van der Waals surface area contributed by atoms with Crippen molar-refractivity contribution in [2.45, 2.75) is 44.9 Å². The lowest BCUT2D eigenvalue weighted by atomic mass is 9.70. The van der Waals surface area contributed by atoms with Crippen LogP contribution in [0.1, 0.15) is 19.3 Å². The Balaban J connectivity index is 2.45. The Bertz CT molecular complexity index is 127. The summed E-state index contributed by atoms with van der Waals surface area (Å²) in [5.41, 5.74) is 6.39. The topological polar surface area (TPSA) is 26.0 Å². The number of nitrogens with two attached hydrogens (primary N) is 1. The van der Waals surface area contributed by atoms with Gasteiger partial charge in [0, 0.05) is 8.07 Å². The second-order valence-electron chi connectivity index (χ2n) is 5.30. The molecule has 0 bridgehead atoms. The third-order valence-corrected chi connectivity index (χ3v) is 4.56. The summed E-state index contributed by atoms with van der Waals surface area (Å²) >= 11 is 0. The molecule has 1 saturated carbocycles. The third-order valence-electron chi connectivity index (χ3n) is 2.75. The van der Waals surface area contributed by atoms with E-state index in [0.29, 0.717) is 5.41 Å². The van der Waals surface area contributed by atoms with E-state index in [-0.39, 0.29) is 0 Å². The summed E-state index contributed by atoms with van der Waals surface area (Å²) in [5, 5.41) is 0. The molecule has 0 aromatic rings. The van der Waals surface area contributed by atoms with Gasteiger partial charge >= 0.3 is 0 Å². The first-order valence-corrected chi connectivity index (χ1v) is 8.38. The molecule has 1 fully saturated rings. The van der Waals surface area contributed by atoms with Crippen LogP contribution >= 0.6 is 0 Å². The second kappa shape index (κ2) is 2.90. The van der Waals surface area contributed by atoms with Gasteiger partial charge in [-0.2, -0.15) is 0 Å². The SMILES string of the molecule is C[Si](C)(C)CC1(CN)CCC1. The van der Waals surface area contributed by atoms with Gasteiger partial charge in [0.15, 0.2) is 0 Å². The van der Waals surface area contributed by atoms with Crippen molar-refractivity contribution in [1.82, 2.24) is 0 Å². The van der Waals surface area contributed by atoms with Crippen molar-refractivity contribution in [2.75, 3.05) is 6.54 Å². The lowest BCUT2D eigenvalue weighted by molar-refractivity contribution is 0.170. The molecule has 0 unspecified atom stereocenters. The maximum atomic E-state index is 5.80. The fraction of sp³-hybridized carbons (Fsp3) is 1.00. The maximum absolute atomic E-state index is 5.80. The summed E-state index contributed by atoms with van der Waals surface area (Å²) in [5.74, 6) is 0. The Morgan fingerprint density at radius 3 is 1.91 bits per heavy atom. The predicted octanol–water partition coefficient (Wildman–Crippen LogP) is 2.45. The third kappa shape index (κ3) is 2.31. The van der Waals surface area contributed by atoms with Gasteiger partial charge in [-0.05, 0) is 24.8 Å². The summed E-state index contributed by atoms with van der Waals surface area (Å²) < 4.78 is 0. The molecule has 0 spiro atoms. The standard InChI is InChI=1S/C9H21NSi/c1-11(2,3)8-9(7-10)5-4-6-9/h4-8,10H2,1-3H3. The first-order chi connectivity index (χ1) is 4.97. The van der Waals surface area contributed by atoms with Crippen molar-refractivity contribution in [3.63, 3.8) is 0 Å². The Kier molecular flexibility index (Phi) is 2.45. The Labute approximate surface area is 71.4 Å². The average molecular weight is 171 g/mol. The minimum Gasteiger partial charge on any atom is -0.330 e. The molecular formula is C9H21NSi. The molecule has 0 aliphatic heterocycles. The normalized spacial score (nSPS) is 22.9. The van der Waals surface area contributed by atoms with E-state index in [1.807, 2.05) is 0 Å².